The van der Waals surface area contributed by atoms with Crippen LogP contribution >= 0.6 is 0 Å². The van der Waals surface area contributed by atoms with E-state index in [0.29, 0.717) is 17.4 Å². The summed E-state index contributed by atoms with van der Waals surface area (Å²) in [5.74, 6) is 0.376. The first kappa shape index (κ1) is 15.6. The van der Waals surface area contributed by atoms with Crippen molar-refractivity contribution in [3.05, 3.63) is 23.8 Å². The Morgan fingerprint density at radius 1 is 1.33 bits per heavy atom. The summed E-state index contributed by atoms with van der Waals surface area (Å²) < 4.78 is 10.7. The summed E-state index contributed by atoms with van der Waals surface area (Å²) in [6, 6.07) is 4.44. The zero-order valence-electron chi connectivity index (χ0n) is 12.2. The number of aliphatic hydroxyl groups is 1. The maximum atomic E-state index is 11.0. The van der Waals surface area contributed by atoms with Gasteiger partial charge in [-0.3, -0.25) is 0 Å². The average Bonchev–Trinajstić information content (AvgIpc) is 2.97. The Hall–Kier alpha value is -1.75. The second-order valence-corrected chi connectivity index (χ2v) is 5.52. The van der Waals surface area contributed by atoms with Crippen LogP contribution in [0.1, 0.15) is 42.5 Å². The molecule has 5 heteroatoms. The Kier molecular flexibility index (Phi) is 5.44. The van der Waals surface area contributed by atoms with E-state index < -0.39 is 12.1 Å². The van der Waals surface area contributed by atoms with Gasteiger partial charge in [0, 0.05) is 0 Å². The molecule has 1 atom stereocenters. The number of carbonyl (C=O) groups is 1. The lowest BCUT2D eigenvalue weighted by atomic mass is 10.0. The average molecular weight is 294 g/mol. The second-order valence-electron chi connectivity index (χ2n) is 5.52. The first-order valence-corrected chi connectivity index (χ1v) is 7.32. The molecule has 0 saturated heterocycles. The smallest absolute Gasteiger partial charge is 0.335 e. The fourth-order valence-corrected chi connectivity index (χ4v) is 2.81. The molecule has 0 amide bonds. The van der Waals surface area contributed by atoms with Crippen molar-refractivity contribution in [3.63, 3.8) is 0 Å². The molecule has 1 unspecified atom stereocenters. The van der Waals surface area contributed by atoms with Gasteiger partial charge in [0.1, 0.15) is 6.61 Å². The SMILES string of the molecule is COc1ccc(C(=O)O)cc1OCC(O)CC1CCCC1. The minimum atomic E-state index is -1.02. The summed E-state index contributed by atoms with van der Waals surface area (Å²) in [5.41, 5.74) is 0.135. The van der Waals surface area contributed by atoms with Crippen LogP contribution in [-0.4, -0.2) is 36.0 Å². The predicted molar refractivity (Wildman–Crippen MR) is 78.0 cm³/mol. The van der Waals surface area contributed by atoms with Crippen LogP contribution in [0.15, 0.2) is 18.2 Å². The molecule has 1 aliphatic carbocycles. The van der Waals surface area contributed by atoms with Crippen molar-refractivity contribution in [2.45, 2.75) is 38.2 Å². The van der Waals surface area contributed by atoms with Crippen molar-refractivity contribution in [3.8, 4) is 11.5 Å². The molecule has 2 rings (SSSR count). The van der Waals surface area contributed by atoms with Gasteiger partial charge in [-0.1, -0.05) is 25.7 Å². The Labute approximate surface area is 124 Å². The van der Waals surface area contributed by atoms with Gasteiger partial charge in [-0.15, -0.1) is 0 Å². The van der Waals surface area contributed by atoms with E-state index in [2.05, 4.69) is 0 Å². The van der Waals surface area contributed by atoms with Crippen molar-refractivity contribution in [2.75, 3.05) is 13.7 Å². The molecule has 0 radical (unpaired) electrons. The number of aliphatic hydroxyl groups excluding tert-OH is 1. The van der Waals surface area contributed by atoms with E-state index in [0.717, 1.165) is 6.42 Å². The first-order chi connectivity index (χ1) is 10.1. The molecule has 21 heavy (non-hydrogen) atoms. The lowest BCUT2D eigenvalue weighted by molar-refractivity contribution is 0.0695. The van der Waals surface area contributed by atoms with Gasteiger partial charge in [-0.05, 0) is 30.5 Å². The molecule has 1 saturated carbocycles. The predicted octanol–water partition coefficient (Wildman–Crippen LogP) is 2.71. The van der Waals surface area contributed by atoms with Gasteiger partial charge in [0.05, 0.1) is 18.8 Å². The van der Waals surface area contributed by atoms with E-state index in [1.807, 2.05) is 0 Å². The maximum Gasteiger partial charge on any atom is 0.335 e. The van der Waals surface area contributed by atoms with Gasteiger partial charge in [-0.2, -0.15) is 0 Å². The zero-order chi connectivity index (χ0) is 15.2. The molecule has 1 aromatic carbocycles. The molecule has 116 valence electrons. The number of carboxylic acid groups (broad SMARTS) is 1. The topological polar surface area (TPSA) is 76.0 Å². The van der Waals surface area contributed by atoms with Crippen LogP contribution in [-0.2, 0) is 0 Å². The van der Waals surface area contributed by atoms with Gasteiger partial charge < -0.3 is 19.7 Å². The molecular weight excluding hydrogens is 272 g/mol. The van der Waals surface area contributed by atoms with E-state index in [4.69, 9.17) is 14.6 Å². The van der Waals surface area contributed by atoms with Crippen LogP contribution in [0.2, 0.25) is 0 Å². The molecule has 2 N–H and O–H groups in total. The molecule has 1 aromatic rings. The molecule has 0 spiro atoms. The molecule has 5 nitrogen and oxygen atoms in total. The van der Waals surface area contributed by atoms with Gasteiger partial charge >= 0.3 is 5.97 Å². The summed E-state index contributed by atoms with van der Waals surface area (Å²) in [6.45, 7) is 0.149. The molecule has 0 aromatic heterocycles. The molecule has 0 bridgehead atoms. The van der Waals surface area contributed by atoms with Crippen LogP contribution in [0.25, 0.3) is 0 Å². The molecule has 0 aliphatic heterocycles. The van der Waals surface area contributed by atoms with Crippen LogP contribution < -0.4 is 9.47 Å². The third-order valence-electron chi connectivity index (χ3n) is 3.92. The lowest BCUT2D eigenvalue weighted by Gasteiger charge is -2.17. The van der Waals surface area contributed by atoms with E-state index in [-0.39, 0.29) is 12.2 Å². The van der Waals surface area contributed by atoms with E-state index in [1.165, 1.54) is 44.9 Å². The number of hydrogen-bond donors (Lipinski definition) is 2. The van der Waals surface area contributed by atoms with Crippen LogP contribution in [0.5, 0.6) is 11.5 Å². The standard InChI is InChI=1S/C16H22O5/c1-20-14-7-6-12(16(18)19)9-15(14)21-10-13(17)8-11-4-2-3-5-11/h6-7,9,11,13,17H,2-5,8,10H2,1H3,(H,18,19). The first-order valence-electron chi connectivity index (χ1n) is 7.32. The normalized spacial score (nSPS) is 16.7. The van der Waals surface area contributed by atoms with Crippen molar-refractivity contribution in [1.82, 2.24) is 0 Å². The summed E-state index contributed by atoms with van der Waals surface area (Å²) >= 11 is 0. The van der Waals surface area contributed by atoms with E-state index in [9.17, 15) is 9.90 Å². The van der Waals surface area contributed by atoms with E-state index in [1.54, 1.807) is 6.07 Å². The maximum absolute atomic E-state index is 11.0. The van der Waals surface area contributed by atoms with E-state index >= 15 is 0 Å². The number of carboxylic acids is 1. The van der Waals surface area contributed by atoms with Crippen LogP contribution in [0.3, 0.4) is 0 Å². The van der Waals surface area contributed by atoms with Crippen molar-refractivity contribution in [2.24, 2.45) is 5.92 Å². The molecule has 0 heterocycles. The van der Waals surface area contributed by atoms with Gasteiger partial charge in [-0.25, -0.2) is 4.79 Å². The minimum absolute atomic E-state index is 0.135. The third kappa shape index (κ3) is 4.36. The highest BCUT2D eigenvalue weighted by Crippen LogP contribution is 2.30. The number of methoxy groups -OCH3 is 1. The van der Waals surface area contributed by atoms with Gasteiger partial charge in [0.2, 0.25) is 0 Å². The Morgan fingerprint density at radius 3 is 2.67 bits per heavy atom. The number of ether oxygens (including phenoxy) is 2. The van der Waals surface area contributed by atoms with Crippen LogP contribution in [0, 0.1) is 5.92 Å². The number of aromatic carboxylic acids is 1. The quantitative estimate of drug-likeness (QED) is 0.808. The highest BCUT2D eigenvalue weighted by atomic mass is 16.5. The fraction of sp³-hybridized carbons (Fsp3) is 0.562. The largest absolute Gasteiger partial charge is 0.493 e. The third-order valence-corrected chi connectivity index (χ3v) is 3.92. The monoisotopic (exact) mass is 294 g/mol. The molecule has 1 fully saturated rings. The summed E-state index contributed by atoms with van der Waals surface area (Å²) in [6.07, 6.45) is 5.04. The minimum Gasteiger partial charge on any atom is -0.493 e. The van der Waals surface area contributed by atoms with Crippen LogP contribution in [0.4, 0.5) is 0 Å². The van der Waals surface area contributed by atoms with Gasteiger partial charge in [0.25, 0.3) is 0 Å². The fourth-order valence-electron chi connectivity index (χ4n) is 2.81. The van der Waals surface area contributed by atoms with Crippen molar-refractivity contribution in [1.29, 1.82) is 0 Å². The Morgan fingerprint density at radius 2 is 2.05 bits per heavy atom. The lowest BCUT2D eigenvalue weighted by Crippen LogP contribution is -2.20. The molecular formula is C16H22O5. The molecule has 1 aliphatic rings. The highest BCUT2D eigenvalue weighted by molar-refractivity contribution is 5.88. The summed E-state index contributed by atoms with van der Waals surface area (Å²) in [4.78, 5) is 11.0. The second kappa shape index (κ2) is 7.31. The van der Waals surface area contributed by atoms with Gasteiger partial charge in [0.15, 0.2) is 11.5 Å². The summed E-state index contributed by atoms with van der Waals surface area (Å²) in [5, 5.41) is 19.0. The summed E-state index contributed by atoms with van der Waals surface area (Å²) in [7, 11) is 1.50. The number of benzene rings is 1. The number of hydrogen-bond acceptors (Lipinski definition) is 4. The number of rotatable bonds is 7. The Balaban J connectivity index is 1.94. The van der Waals surface area contributed by atoms with Crippen molar-refractivity contribution >= 4 is 5.97 Å². The highest BCUT2D eigenvalue weighted by Gasteiger charge is 2.19. The Bertz CT molecular complexity index is 480. The zero-order valence-corrected chi connectivity index (χ0v) is 12.2. The van der Waals surface area contributed by atoms with Crippen molar-refractivity contribution < 1.29 is 24.5 Å².